The van der Waals surface area contributed by atoms with Gasteiger partial charge in [-0.15, -0.1) is 0 Å². The summed E-state index contributed by atoms with van der Waals surface area (Å²) in [6.45, 7) is 8.48. The zero-order valence-electron chi connectivity index (χ0n) is 17.9. The van der Waals surface area contributed by atoms with Gasteiger partial charge in [-0.1, -0.05) is 37.2 Å². The fourth-order valence-electron chi connectivity index (χ4n) is 2.80. The minimum absolute atomic E-state index is 0.0192. The summed E-state index contributed by atoms with van der Waals surface area (Å²) >= 11 is 0. The Labute approximate surface area is 176 Å². The van der Waals surface area contributed by atoms with Gasteiger partial charge in [0, 0.05) is 37.6 Å². The molecule has 30 heavy (non-hydrogen) atoms. The Balaban J connectivity index is 1.41. The summed E-state index contributed by atoms with van der Waals surface area (Å²) < 4.78 is 11.1. The second-order valence-corrected chi connectivity index (χ2v) is 7.71. The zero-order valence-corrected chi connectivity index (χ0v) is 17.9. The molecule has 7 nitrogen and oxygen atoms in total. The number of benzene rings is 1. The van der Waals surface area contributed by atoms with Gasteiger partial charge in [-0.25, -0.2) is 4.98 Å². The van der Waals surface area contributed by atoms with Crippen LogP contribution >= 0.6 is 0 Å². The van der Waals surface area contributed by atoms with E-state index in [2.05, 4.69) is 20.4 Å². The lowest BCUT2D eigenvalue weighted by Crippen LogP contribution is -2.22. The highest BCUT2D eigenvalue weighted by Gasteiger charge is 2.10. The summed E-state index contributed by atoms with van der Waals surface area (Å²) in [6, 6.07) is 9.77. The molecule has 1 aromatic carbocycles. The van der Waals surface area contributed by atoms with Gasteiger partial charge in [-0.3, -0.25) is 4.79 Å². The van der Waals surface area contributed by atoms with Crippen molar-refractivity contribution in [2.45, 2.75) is 59.4 Å². The van der Waals surface area contributed by atoms with Gasteiger partial charge in [-0.05, 0) is 43.0 Å². The number of aromatic nitrogens is 3. The Morgan fingerprint density at radius 3 is 2.73 bits per heavy atom. The van der Waals surface area contributed by atoms with Crippen LogP contribution in [-0.4, -0.2) is 21.0 Å². The van der Waals surface area contributed by atoms with Gasteiger partial charge in [0.05, 0.1) is 0 Å². The monoisotopic (exact) mass is 408 g/mol. The molecule has 1 amide bonds. The first-order valence-corrected chi connectivity index (χ1v) is 10.2. The number of amides is 1. The van der Waals surface area contributed by atoms with Crippen LogP contribution in [0.5, 0.6) is 11.6 Å². The van der Waals surface area contributed by atoms with Crippen LogP contribution in [0.15, 0.2) is 41.1 Å². The number of carbonyl (C=O) groups excluding carboxylic acids is 1. The minimum Gasteiger partial charge on any atom is -0.439 e. The first kappa shape index (κ1) is 21.5. The van der Waals surface area contributed by atoms with Gasteiger partial charge in [0.2, 0.25) is 17.7 Å². The average molecular weight is 409 g/mol. The van der Waals surface area contributed by atoms with Crippen molar-refractivity contribution in [3.63, 3.8) is 0 Å². The van der Waals surface area contributed by atoms with Crippen LogP contribution in [-0.2, 0) is 17.8 Å². The maximum absolute atomic E-state index is 12.1. The lowest BCUT2D eigenvalue weighted by atomic mass is 10.1. The number of rotatable bonds is 9. The highest BCUT2D eigenvalue weighted by Crippen LogP contribution is 2.24. The predicted octanol–water partition coefficient (Wildman–Crippen LogP) is 4.64. The molecule has 3 aromatic rings. The zero-order chi connectivity index (χ0) is 21.5. The number of ether oxygens (including phenoxy) is 1. The predicted molar refractivity (Wildman–Crippen MR) is 113 cm³/mol. The van der Waals surface area contributed by atoms with Crippen molar-refractivity contribution in [2.75, 3.05) is 0 Å². The number of nitrogens with one attached hydrogen (secondary N) is 1. The van der Waals surface area contributed by atoms with E-state index in [9.17, 15) is 4.79 Å². The van der Waals surface area contributed by atoms with Crippen LogP contribution in [0.2, 0.25) is 0 Å². The Hall–Kier alpha value is -3.22. The Kier molecular flexibility index (Phi) is 7.17. The number of pyridine rings is 1. The van der Waals surface area contributed by atoms with Gasteiger partial charge in [-0.2, -0.15) is 4.98 Å². The van der Waals surface area contributed by atoms with Crippen molar-refractivity contribution in [3.05, 3.63) is 64.9 Å². The standard InChI is InChI=1S/C23H28N4O3/c1-15(2)23-26-22(30-27-23)7-5-6-20(28)24-13-18-10-11-21(25-14-18)29-19-12-16(3)8-9-17(19)4/h8-12,14-15H,5-7,13H2,1-4H3,(H,24,28). The van der Waals surface area contributed by atoms with E-state index >= 15 is 0 Å². The molecule has 2 heterocycles. The van der Waals surface area contributed by atoms with E-state index in [1.165, 1.54) is 0 Å². The van der Waals surface area contributed by atoms with Crippen LogP contribution in [0.3, 0.4) is 0 Å². The van der Waals surface area contributed by atoms with E-state index in [1.54, 1.807) is 6.20 Å². The molecule has 0 aliphatic heterocycles. The topological polar surface area (TPSA) is 90.1 Å². The molecule has 0 aliphatic carbocycles. The maximum atomic E-state index is 12.1. The number of aryl methyl sites for hydroxylation is 3. The number of hydrogen-bond donors (Lipinski definition) is 1. The summed E-state index contributed by atoms with van der Waals surface area (Å²) in [6.07, 6.45) is 3.37. The molecule has 2 aromatic heterocycles. The largest absolute Gasteiger partial charge is 0.439 e. The molecule has 0 fully saturated rings. The first-order chi connectivity index (χ1) is 14.4. The third-order valence-corrected chi connectivity index (χ3v) is 4.64. The molecular formula is C23H28N4O3. The lowest BCUT2D eigenvalue weighted by Gasteiger charge is -2.09. The Bertz CT molecular complexity index is 980. The van der Waals surface area contributed by atoms with Crippen molar-refractivity contribution in [1.82, 2.24) is 20.4 Å². The van der Waals surface area contributed by atoms with Crippen LogP contribution in [0, 0.1) is 13.8 Å². The van der Waals surface area contributed by atoms with Crippen LogP contribution in [0.1, 0.15) is 61.0 Å². The quantitative estimate of drug-likeness (QED) is 0.555. The number of hydrogen-bond acceptors (Lipinski definition) is 6. The summed E-state index contributed by atoms with van der Waals surface area (Å²) in [4.78, 5) is 20.7. The van der Waals surface area contributed by atoms with Crippen LogP contribution < -0.4 is 10.1 Å². The van der Waals surface area contributed by atoms with Crippen molar-refractivity contribution in [3.8, 4) is 11.6 Å². The van der Waals surface area contributed by atoms with E-state index in [1.807, 2.05) is 58.0 Å². The molecule has 3 rings (SSSR count). The van der Waals surface area contributed by atoms with E-state index in [0.29, 0.717) is 43.4 Å². The molecule has 0 atom stereocenters. The summed E-state index contributed by atoms with van der Waals surface area (Å²) in [5.74, 6) is 2.82. The SMILES string of the molecule is Cc1ccc(C)c(Oc2ccc(CNC(=O)CCCc3nc(C(C)C)no3)cn2)c1. The second kappa shape index (κ2) is 10.0. The molecule has 7 heteroatoms. The molecule has 0 bridgehead atoms. The molecular weight excluding hydrogens is 380 g/mol. The number of nitrogens with zero attached hydrogens (tertiary/aromatic N) is 3. The van der Waals surface area contributed by atoms with Gasteiger partial charge < -0.3 is 14.6 Å². The second-order valence-electron chi connectivity index (χ2n) is 7.71. The Morgan fingerprint density at radius 2 is 2.03 bits per heavy atom. The van der Waals surface area contributed by atoms with Gasteiger partial charge in [0.1, 0.15) is 5.75 Å². The fourth-order valence-corrected chi connectivity index (χ4v) is 2.80. The van der Waals surface area contributed by atoms with Gasteiger partial charge >= 0.3 is 0 Å². The van der Waals surface area contributed by atoms with Crippen LogP contribution in [0.25, 0.3) is 0 Å². The summed E-state index contributed by atoms with van der Waals surface area (Å²) in [5.41, 5.74) is 3.10. The molecule has 0 spiro atoms. The summed E-state index contributed by atoms with van der Waals surface area (Å²) in [5, 5.41) is 6.84. The number of carbonyl (C=O) groups is 1. The molecule has 0 unspecified atom stereocenters. The molecule has 0 saturated heterocycles. The van der Waals surface area contributed by atoms with Crippen molar-refractivity contribution in [1.29, 1.82) is 0 Å². The van der Waals surface area contributed by atoms with Crippen molar-refractivity contribution in [2.24, 2.45) is 0 Å². The van der Waals surface area contributed by atoms with Crippen molar-refractivity contribution >= 4 is 5.91 Å². The fraction of sp³-hybridized carbons (Fsp3) is 0.391. The molecule has 1 N–H and O–H groups in total. The van der Waals surface area contributed by atoms with E-state index in [0.717, 1.165) is 22.4 Å². The third-order valence-electron chi connectivity index (χ3n) is 4.64. The van der Waals surface area contributed by atoms with Crippen LogP contribution in [0.4, 0.5) is 0 Å². The molecule has 0 aliphatic rings. The average Bonchev–Trinajstić information content (AvgIpc) is 3.19. The van der Waals surface area contributed by atoms with Gasteiger partial charge in [0.25, 0.3) is 0 Å². The lowest BCUT2D eigenvalue weighted by molar-refractivity contribution is -0.121. The van der Waals surface area contributed by atoms with E-state index < -0.39 is 0 Å². The van der Waals surface area contributed by atoms with E-state index in [4.69, 9.17) is 9.26 Å². The molecule has 0 radical (unpaired) electrons. The Morgan fingerprint density at radius 1 is 1.20 bits per heavy atom. The van der Waals surface area contributed by atoms with Gasteiger partial charge in [0.15, 0.2) is 5.82 Å². The maximum Gasteiger partial charge on any atom is 0.226 e. The normalized spacial score (nSPS) is 11.0. The highest BCUT2D eigenvalue weighted by molar-refractivity contribution is 5.75. The molecule has 0 saturated carbocycles. The first-order valence-electron chi connectivity index (χ1n) is 10.2. The minimum atomic E-state index is -0.0192. The highest BCUT2D eigenvalue weighted by atomic mass is 16.5. The summed E-state index contributed by atoms with van der Waals surface area (Å²) in [7, 11) is 0. The third kappa shape index (κ3) is 6.14. The van der Waals surface area contributed by atoms with Crippen molar-refractivity contribution < 1.29 is 14.1 Å². The van der Waals surface area contributed by atoms with E-state index in [-0.39, 0.29) is 11.8 Å². The smallest absolute Gasteiger partial charge is 0.226 e. The molecule has 158 valence electrons.